The van der Waals surface area contributed by atoms with E-state index < -0.39 is 10.0 Å². The van der Waals surface area contributed by atoms with Gasteiger partial charge in [-0.05, 0) is 49.9 Å². The molecule has 0 bridgehead atoms. The number of nitrogens with zero attached hydrogens (tertiary/aromatic N) is 1. The van der Waals surface area contributed by atoms with Gasteiger partial charge in [0, 0.05) is 19.2 Å². The quantitative estimate of drug-likeness (QED) is 0.648. The zero-order valence-electron chi connectivity index (χ0n) is 14.4. The van der Waals surface area contributed by atoms with Crippen LogP contribution in [0.4, 0.5) is 0 Å². The third-order valence-electron chi connectivity index (χ3n) is 4.23. The maximum Gasteiger partial charge on any atom is 0.243 e. The molecule has 1 aliphatic rings. The predicted molar refractivity (Wildman–Crippen MR) is 90.2 cm³/mol. The molecule has 1 aliphatic carbocycles. The van der Waals surface area contributed by atoms with Crippen molar-refractivity contribution in [1.29, 1.82) is 0 Å². The monoisotopic (exact) mass is 341 g/mol. The Morgan fingerprint density at radius 3 is 2.22 bits per heavy atom. The van der Waals surface area contributed by atoms with Crippen LogP contribution < -0.4 is 4.74 Å². The molecule has 1 saturated carbocycles. The molecule has 130 valence electrons. The summed E-state index contributed by atoms with van der Waals surface area (Å²) in [5, 5.41) is 0. The summed E-state index contributed by atoms with van der Waals surface area (Å²) in [4.78, 5) is 0.330. The zero-order valence-corrected chi connectivity index (χ0v) is 15.2. The van der Waals surface area contributed by atoms with Crippen LogP contribution in [-0.2, 0) is 14.8 Å². The molecule has 5 nitrogen and oxygen atoms in total. The van der Waals surface area contributed by atoms with Gasteiger partial charge in [0.1, 0.15) is 12.4 Å². The van der Waals surface area contributed by atoms with E-state index in [1.54, 1.807) is 35.7 Å². The molecule has 6 heteroatoms. The molecule has 1 atom stereocenters. The van der Waals surface area contributed by atoms with Gasteiger partial charge in [-0.3, -0.25) is 0 Å². The summed E-state index contributed by atoms with van der Waals surface area (Å²) in [5.74, 6) is 0.929. The summed E-state index contributed by atoms with van der Waals surface area (Å²) >= 11 is 0. The second-order valence-electron chi connectivity index (χ2n) is 6.36. The van der Waals surface area contributed by atoms with Crippen molar-refractivity contribution in [3.63, 3.8) is 0 Å². The fourth-order valence-corrected chi connectivity index (χ4v) is 4.45. The van der Waals surface area contributed by atoms with Gasteiger partial charge >= 0.3 is 0 Å². The van der Waals surface area contributed by atoms with Crippen molar-refractivity contribution in [3.05, 3.63) is 24.3 Å². The van der Waals surface area contributed by atoms with Crippen LogP contribution in [0.5, 0.6) is 5.75 Å². The van der Waals surface area contributed by atoms with Crippen LogP contribution in [0.25, 0.3) is 0 Å². The van der Waals surface area contributed by atoms with Crippen LogP contribution in [-0.4, -0.2) is 45.1 Å². The van der Waals surface area contributed by atoms with Crippen molar-refractivity contribution < 1.29 is 17.9 Å². The third kappa shape index (κ3) is 4.46. The van der Waals surface area contributed by atoms with Crippen molar-refractivity contribution in [2.75, 3.05) is 20.3 Å². The molecule has 0 N–H and O–H groups in total. The Morgan fingerprint density at radius 2 is 1.74 bits per heavy atom. The minimum absolute atomic E-state index is 0.00914. The van der Waals surface area contributed by atoms with E-state index in [9.17, 15) is 8.42 Å². The van der Waals surface area contributed by atoms with Crippen molar-refractivity contribution in [3.8, 4) is 5.75 Å². The molecule has 0 amide bonds. The van der Waals surface area contributed by atoms with Crippen molar-refractivity contribution in [2.45, 2.75) is 50.6 Å². The number of sulfonamides is 1. The molecule has 0 radical (unpaired) electrons. The van der Waals surface area contributed by atoms with E-state index in [-0.39, 0.29) is 18.0 Å². The van der Waals surface area contributed by atoms with E-state index in [4.69, 9.17) is 9.47 Å². The van der Waals surface area contributed by atoms with Crippen molar-refractivity contribution >= 4 is 10.0 Å². The smallest absolute Gasteiger partial charge is 0.243 e. The average molecular weight is 341 g/mol. The minimum atomic E-state index is -3.47. The van der Waals surface area contributed by atoms with Gasteiger partial charge < -0.3 is 9.47 Å². The fourth-order valence-electron chi connectivity index (χ4n) is 2.44. The molecular formula is C17H27NO4S. The van der Waals surface area contributed by atoms with Crippen LogP contribution in [0.1, 0.15) is 33.6 Å². The molecule has 0 saturated heterocycles. The van der Waals surface area contributed by atoms with Gasteiger partial charge in [0.05, 0.1) is 11.5 Å². The molecule has 1 fully saturated rings. The Hall–Kier alpha value is -1.11. The lowest BCUT2D eigenvalue weighted by Crippen LogP contribution is -2.42. The SMILES string of the molecule is COCCOc1ccc(S(=O)(=O)N(C2CC2)[C@@H](C)C(C)C)cc1. The Morgan fingerprint density at radius 1 is 1.13 bits per heavy atom. The van der Waals surface area contributed by atoms with E-state index in [1.807, 2.05) is 6.92 Å². The summed E-state index contributed by atoms with van der Waals surface area (Å²) in [7, 11) is -1.86. The second-order valence-corrected chi connectivity index (χ2v) is 8.21. The number of rotatable bonds is 9. The normalized spacial score (nSPS) is 16.8. The van der Waals surface area contributed by atoms with Gasteiger partial charge in [-0.15, -0.1) is 0 Å². The fraction of sp³-hybridized carbons (Fsp3) is 0.647. The lowest BCUT2D eigenvalue weighted by Gasteiger charge is -2.31. The van der Waals surface area contributed by atoms with E-state index in [0.717, 1.165) is 12.8 Å². The Labute approximate surface area is 139 Å². The maximum absolute atomic E-state index is 13.0. The van der Waals surface area contributed by atoms with Crippen LogP contribution in [0, 0.1) is 5.92 Å². The van der Waals surface area contributed by atoms with Gasteiger partial charge in [0.25, 0.3) is 0 Å². The predicted octanol–water partition coefficient (Wildman–Crippen LogP) is 2.91. The highest BCUT2D eigenvalue weighted by atomic mass is 32.2. The number of benzene rings is 1. The first-order valence-electron chi connectivity index (χ1n) is 8.13. The molecular weight excluding hydrogens is 314 g/mol. The Kier molecular flexibility index (Phi) is 6.06. The highest BCUT2D eigenvalue weighted by Crippen LogP contribution is 2.35. The zero-order chi connectivity index (χ0) is 17.0. The summed E-state index contributed by atoms with van der Waals surface area (Å²) in [6.07, 6.45) is 1.91. The van der Waals surface area contributed by atoms with Crippen LogP contribution in [0.3, 0.4) is 0 Å². The third-order valence-corrected chi connectivity index (χ3v) is 6.28. The highest BCUT2D eigenvalue weighted by Gasteiger charge is 2.41. The molecule has 0 spiro atoms. The van der Waals surface area contributed by atoms with Crippen LogP contribution >= 0.6 is 0 Å². The second kappa shape index (κ2) is 7.64. The lowest BCUT2D eigenvalue weighted by atomic mass is 10.1. The first kappa shape index (κ1) is 18.2. The van der Waals surface area contributed by atoms with Gasteiger partial charge in [0.15, 0.2) is 0 Å². The molecule has 0 aromatic heterocycles. The van der Waals surface area contributed by atoms with Gasteiger partial charge in [-0.25, -0.2) is 8.42 Å². The van der Waals surface area contributed by atoms with E-state index in [0.29, 0.717) is 23.9 Å². The highest BCUT2D eigenvalue weighted by molar-refractivity contribution is 7.89. The van der Waals surface area contributed by atoms with E-state index in [1.165, 1.54) is 0 Å². The molecule has 0 unspecified atom stereocenters. The van der Waals surface area contributed by atoms with E-state index in [2.05, 4.69) is 13.8 Å². The molecule has 1 aromatic carbocycles. The Bertz CT molecular complexity index is 594. The molecule has 23 heavy (non-hydrogen) atoms. The molecule has 1 aromatic rings. The minimum Gasteiger partial charge on any atom is -0.491 e. The van der Waals surface area contributed by atoms with Crippen LogP contribution in [0.2, 0.25) is 0 Å². The van der Waals surface area contributed by atoms with Crippen molar-refractivity contribution in [1.82, 2.24) is 4.31 Å². The van der Waals surface area contributed by atoms with E-state index >= 15 is 0 Å². The van der Waals surface area contributed by atoms with Crippen molar-refractivity contribution in [2.24, 2.45) is 5.92 Å². The topological polar surface area (TPSA) is 55.8 Å². The summed E-state index contributed by atoms with van der Waals surface area (Å²) < 4.78 is 38.1. The number of methoxy groups -OCH3 is 1. The summed E-state index contributed by atoms with van der Waals surface area (Å²) in [6.45, 7) is 7.05. The van der Waals surface area contributed by atoms with Gasteiger partial charge in [0.2, 0.25) is 10.0 Å². The number of ether oxygens (including phenoxy) is 2. The summed E-state index contributed by atoms with van der Waals surface area (Å²) in [5.41, 5.74) is 0. The van der Waals surface area contributed by atoms with Crippen LogP contribution in [0.15, 0.2) is 29.2 Å². The van der Waals surface area contributed by atoms with Gasteiger partial charge in [-0.2, -0.15) is 4.31 Å². The first-order chi connectivity index (χ1) is 10.9. The standard InChI is InChI=1S/C17H27NO4S/c1-13(2)14(3)18(15-5-6-15)23(19,20)17-9-7-16(8-10-17)22-12-11-21-4/h7-10,13-15H,5-6,11-12H2,1-4H3/t14-/m0/s1. The Balaban J connectivity index is 2.17. The number of hydrogen-bond acceptors (Lipinski definition) is 4. The first-order valence-corrected chi connectivity index (χ1v) is 9.57. The molecule has 0 aliphatic heterocycles. The van der Waals surface area contributed by atoms with Gasteiger partial charge in [-0.1, -0.05) is 13.8 Å². The molecule has 2 rings (SSSR count). The number of hydrogen-bond donors (Lipinski definition) is 0. The molecule has 0 heterocycles. The summed E-state index contributed by atoms with van der Waals surface area (Å²) in [6, 6.07) is 6.79. The largest absolute Gasteiger partial charge is 0.491 e. The lowest BCUT2D eigenvalue weighted by molar-refractivity contribution is 0.146. The average Bonchev–Trinajstić information content (AvgIpc) is 3.32. The maximum atomic E-state index is 13.0.